The summed E-state index contributed by atoms with van der Waals surface area (Å²) in [6.07, 6.45) is 6.50. The molecule has 88 valence electrons. The monoisotopic (exact) mass is 214 g/mol. The molecule has 3 nitrogen and oxygen atoms in total. The summed E-state index contributed by atoms with van der Waals surface area (Å²) in [5.74, 6) is 0.269. The second-order valence-corrected chi connectivity index (χ2v) is 4.22. The maximum atomic E-state index is 10.7. The summed E-state index contributed by atoms with van der Waals surface area (Å²) in [4.78, 5) is 10.7. The molecule has 1 rings (SSSR count). The Kier molecular flexibility index (Phi) is 6.60. The predicted octanol–water partition coefficient (Wildman–Crippen LogP) is 2.33. The van der Waals surface area contributed by atoms with Gasteiger partial charge >= 0.3 is 0 Å². The van der Waals surface area contributed by atoms with Crippen molar-refractivity contribution in [2.24, 2.45) is 0 Å². The molecule has 0 aromatic heterocycles. The first kappa shape index (κ1) is 12.7. The minimum Gasteiger partial charge on any atom is -0.379 e. The van der Waals surface area contributed by atoms with Crippen molar-refractivity contribution >= 4 is 5.78 Å². The normalized spacial score (nSPS) is 21.5. The zero-order chi connectivity index (χ0) is 10.9. The topological polar surface area (TPSA) is 35.5 Å². The van der Waals surface area contributed by atoms with E-state index in [1.807, 2.05) is 0 Å². The van der Waals surface area contributed by atoms with Crippen LogP contribution in [-0.4, -0.2) is 31.7 Å². The quantitative estimate of drug-likeness (QED) is 0.610. The lowest BCUT2D eigenvalue weighted by Crippen LogP contribution is -2.24. The fourth-order valence-corrected chi connectivity index (χ4v) is 1.73. The van der Waals surface area contributed by atoms with Gasteiger partial charge in [-0.15, -0.1) is 0 Å². The standard InChI is InChI=1S/C12H22O3/c1-11(13)6-2-4-8-14-10-12-7-3-5-9-15-12/h12H,2-10H2,1H3. The van der Waals surface area contributed by atoms with E-state index in [-0.39, 0.29) is 5.78 Å². The lowest BCUT2D eigenvalue weighted by molar-refractivity contribution is -0.117. The van der Waals surface area contributed by atoms with Crippen LogP contribution < -0.4 is 0 Å². The molecule has 1 fully saturated rings. The van der Waals surface area contributed by atoms with Crippen LogP contribution in [0.4, 0.5) is 0 Å². The van der Waals surface area contributed by atoms with E-state index in [1.54, 1.807) is 6.92 Å². The van der Waals surface area contributed by atoms with Gasteiger partial charge in [-0.25, -0.2) is 0 Å². The lowest BCUT2D eigenvalue weighted by Gasteiger charge is -2.22. The van der Waals surface area contributed by atoms with Crippen molar-refractivity contribution < 1.29 is 14.3 Å². The molecule has 0 bridgehead atoms. The molecular weight excluding hydrogens is 192 g/mol. The van der Waals surface area contributed by atoms with Crippen LogP contribution in [0.2, 0.25) is 0 Å². The van der Waals surface area contributed by atoms with E-state index < -0.39 is 0 Å². The Hall–Kier alpha value is -0.410. The number of ketones is 1. The zero-order valence-corrected chi connectivity index (χ0v) is 9.67. The molecular formula is C12H22O3. The van der Waals surface area contributed by atoms with Crippen molar-refractivity contribution in [2.45, 2.75) is 51.6 Å². The van der Waals surface area contributed by atoms with E-state index in [9.17, 15) is 4.79 Å². The van der Waals surface area contributed by atoms with Gasteiger partial charge in [0, 0.05) is 19.6 Å². The number of hydrogen-bond acceptors (Lipinski definition) is 3. The molecule has 1 atom stereocenters. The van der Waals surface area contributed by atoms with Crippen molar-refractivity contribution in [3.05, 3.63) is 0 Å². The second-order valence-electron chi connectivity index (χ2n) is 4.22. The third-order valence-corrected chi connectivity index (χ3v) is 2.65. The fourth-order valence-electron chi connectivity index (χ4n) is 1.73. The van der Waals surface area contributed by atoms with Gasteiger partial charge in [-0.3, -0.25) is 0 Å². The van der Waals surface area contributed by atoms with Gasteiger partial charge in [-0.1, -0.05) is 0 Å². The maximum absolute atomic E-state index is 10.7. The summed E-state index contributed by atoms with van der Waals surface area (Å²) in [6.45, 7) is 4.00. The summed E-state index contributed by atoms with van der Waals surface area (Å²) in [6, 6.07) is 0. The van der Waals surface area contributed by atoms with Crippen molar-refractivity contribution in [1.29, 1.82) is 0 Å². The van der Waals surface area contributed by atoms with Gasteiger partial charge in [0.15, 0.2) is 0 Å². The Labute approximate surface area is 92.1 Å². The highest BCUT2D eigenvalue weighted by molar-refractivity contribution is 5.75. The molecule has 1 saturated heterocycles. The first-order valence-corrected chi connectivity index (χ1v) is 5.98. The van der Waals surface area contributed by atoms with Crippen LogP contribution in [0.15, 0.2) is 0 Å². The average Bonchev–Trinajstić information content (AvgIpc) is 2.24. The molecule has 1 aliphatic rings. The van der Waals surface area contributed by atoms with Crippen molar-refractivity contribution in [3.63, 3.8) is 0 Å². The van der Waals surface area contributed by atoms with Gasteiger partial charge in [0.25, 0.3) is 0 Å². The van der Waals surface area contributed by atoms with Crippen LogP contribution in [0.3, 0.4) is 0 Å². The molecule has 1 heterocycles. The molecule has 0 radical (unpaired) electrons. The molecule has 0 aromatic rings. The highest BCUT2D eigenvalue weighted by Gasteiger charge is 2.13. The summed E-state index contributed by atoms with van der Waals surface area (Å²) in [5.41, 5.74) is 0. The lowest BCUT2D eigenvalue weighted by atomic mass is 10.1. The Balaban J connectivity index is 1.85. The highest BCUT2D eigenvalue weighted by atomic mass is 16.5. The van der Waals surface area contributed by atoms with Crippen molar-refractivity contribution in [1.82, 2.24) is 0 Å². The fraction of sp³-hybridized carbons (Fsp3) is 0.917. The van der Waals surface area contributed by atoms with E-state index in [0.717, 1.165) is 39.1 Å². The molecule has 0 aliphatic carbocycles. The van der Waals surface area contributed by atoms with Gasteiger partial charge < -0.3 is 14.3 Å². The Morgan fingerprint density at radius 1 is 1.40 bits per heavy atom. The smallest absolute Gasteiger partial charge is 0.129 e. The second kappa shape index (κ2) is 7.83. The molecule has 0 spiro atoms. The third kappa shape index (κ3) is 6.63. The van der Waals surface area contributed by atoms with Crippen molar-refractivity contribution in [3.8, 4) is 0 Å². The zero-order valence-electron chi connectivity index (χ0n) is 9.67. The van der Waals surface area contributed by atoms with Crippen LogP contribution in [-0.2, 0) is 14.3 Å². The molecule has 3 heteroatoms. The number of unbranched alkanes of at least 4 members (excludes halogenated alkanes) is 1. The minimum atomic E-state index is 0.269. The summed E-state index contributed by atoms with van der Waals surface area (Å²) in [7, 11) is 0. The molecule has 1 unspecified atom stereocenters. The van der Waals surface area contributed by atoms with Crippen LogP contribution >= 0.6 is 0 Å². The number of hydrogen-bond donors (Lipinski definition) is 0. The highest BCUT2D eigenvalue weighted by Crippen LogP contribution is 2.12. The summed E-state index contributed by atoms with van der Waals surface area (Å²) < 4.78 is 11.1. The van der Waals surface area contributed by atoms with Gasteiger partial charge in [0.1, 0.15) is 5.78 Å². The van der Waals surface area contributed by atoms with Crippen molar-refractivity contribution in [2.75, 3.05) is 19.8 Å². The van der Waals surface area contributed by atoms with Crippen LogP contribution in [0.1, 0.15) is 45.4 Å². The Morgan fingerprint density at radius 3 is 2.93 bits per heavy atom. The Morgan fingerprint density at radius 2 is 2.27 bits per heavy atom. The first-order valence-electron chi connectivity index (χ1n) is 5.98. The van der Waals surface area contributed by atoms with E-state index >= 15 is 0 Å². The largest absolute Gasteiger partial charge is 0.379 e. The van der Waals surface area contributed by atoms with Gasteiger partial charge in [-0.05, 0) is 39.0 Å². The minimum absolute atomic E-state index is 0.269. The average molecular weight is 214 g/mol. The molecule has 1 aliphatic heterocycles. The maximum Gasteiger partial charge on any atom is 0.129 e. The van der Waals surface area contributed by atoms with Gasteiger partial charge in [0.2, 0.25) is 0 Å². The third-order valence-electron chi connectivity index (χ3n) is 2.65. The molecule has 0 aromatic carbocycles. The van der Waals surface area contributed by atoms with Gasteiger partial charge in [-0.2, -0.15) is 0 Å². The number of carbonyl (C=O) groups excluding carboxylic acids is 1. The summed E-state index contributed by atoms with van der Waals surface area (Å²) >= 11 is 0. The summed E-state index contributed by atoms with van der Waals surface area (Å²) in [5, 5.41) is 0. The molecule has 0 N–H and O–H groups in total. The van der Waals surface area contributed by atoms with E-state index in [1.165, 1.54) is 12.8 Å². The van der Waals surface area contributed by atoms with Crippen LogP contribution in [0.5, 0.6) is 0 Å². The van der Waals surface area contributed by atoms with E-state index in [2.05, 4.69) is 0 Å². The molecule has 15 heavy (non-hydrogen) atoms. The number of Topliss-reactive ketones (excluding diaryl/α,β-unsaturated/α-hetero) is 1. The van der Waals surface area contributed by atoms with Crippen LogP contribution in [0.25, 0.3) is 0 Å². The SMILES string of the molecule is CC(=O)CCCCOCC1CCCCO1. The van der Waals surface area contributed by atoms with Crippen LogP contribution in [0, 0.1) is 0 Å². The number of carbonyl (C=O) groups is 1. The molecule has 0 amide bonds. The predicted molar refractivity (Wildman–Crippen MR) is 58.9 cm³/mol. The molecule has 0 saturated carbocycles. The van der Waals surface area contributed by atoms with E-state index in [0.29, 0.717) is 12.5 Å². The first-order chi connectivity index (χ1) is 7.29. The van der Waals surface area contributed by atoms with Gasteiger partial charge in [0.05, 0.1) is 12.7 Å². The van der Waals surface area contributed by atoms with E-state index in [4.69, 9.17) is 9.47 Å². The number of ether oxygens (including phenoxy) is 2. The number of rotatable bonds is 7. The Bertz CT molecular complexity index is 174.